The van der Waals surface area contributed by atoms with Crippen molar-refractivity contribution < 1.29 is 9.53 Å². The third-order valence-electron chi connectivity index (χ3n) is 4.01. The van der Waals surface area contributed by atoms with Crippen LogP contribution in [0.5, 0.6) is 5.88 Å². The third kappa shape index (κ3) is 3.06. The van der Waals surface area contributed by atoms with Crippen LogP contribution < -0.4 is 10.3 Å². The lowest BCUT2D eigenvalue weighted by Gasteiger charge is -2.13. The number of ether oxygens (including phenoxy) is 1. The molecule has 7 nitrogen and oxygen atoms in total. The first-order valence-electron chi connectivity index (χ1n) is 8.23. The second kappa shape index (κ2) is 6.80. The smallest absolute Gasteiger partial charge is 0.309 e. The number of aromatic amines is 1. The van der Waals surface area contributed by atoms with Crippen molar-refractivity contribution in [3.8, 4) is 28.3 Å². The van der Waals surface area contributed by atoms with Crippen LogP contribution in [0.25, 0.3) is 33.3 Å². The number of benzene rings is 2. The Kier molecular flexibility index (Phi) is 4.18. The van der Waals surface area contributed by atoms with E-state index >= 15 is 0 Å². The molecule has 0 aliphatic heterocycles. The lowest BCUT2D eigenvalue weighted by Crippen LogP contribution is -2.15. The van der Waals surface area contributed by atoms with E-state index in [4.69, 9.17) is 4.74 Å². The number of nitrogens with zero attached hydrogens (tertiary/aromatic N) is 3. The number of carbonyl (C=O) groups is 1. The Morgan fingerprint density at radius 3 is 2.19 bits per heavy atom. The largest absolute Gasteiger partial charge is 0.405 e. The van der Waals surface area contributed by atoms with Crippen molar-refractivity contribution in [3.63, 3.8) is 0 Å². The Morgan fingerprint density at radius 2 is 1.56 bits per heavy atom. The van der Waals surface area contributed by atoms with E-state index in [1.54, 1.807) is 0 Å². The molecule has 2 aromatic carbocycles. The van der Waals surface area contributed by atoms with Crippen molar-refractivity contribution in [3.05, 3.63) is 71.0 Å². The maximum Gasteiger partial charge on any atom is 0.309 e. The summed E-state index contributed by atoms with van der Waals surface area (Å²) in [4.78, 5) is 23.8. The summed E-state index contributed by atoms with van der Waals surface area (Å²) >= 11 is 0. The molecule has 27 heavy (non-hydrogen) atoms. The summed E-state index contributed by atoms with van der Waals surface area (Å²) in [6, 6.07) is 18.9. The Labute approximate surface area is 153 Å². The SMILES string of the molecule is CC(=O)Oc1n[nH]c(=O)c2nnc(-c3ccccc3)c(-c3ccccc3)c12. The monoisotopic (exact) mass is 358 g/mol. The minimum Gasteiger partial charge on any atom is -0.405 e. The number of aromatic nitrogens is 4. The zero-order valence-corrected chi connectivity index (χ0v) is 14.3. The van der Waals surface area contributed by atoms with Crippen LogP contribution in [0, 0.1) is 0 Å². The fraction of sp³-hybridized carbons (Fsp3) is 0.0500. The first-order chi connectivity index (χ1) is 13.1. The molecule has 4 aromatic rings. The zero-order valence-electron chi connectivity index (χ0n) is 14.3. The number of fused-ring (bicyclic) bond motifs is 1. The van der Waals surface area contributed by atoms with Gasteiger partial charge in [0, 0.05) is 18.1 Å². The molecule has 0 aliphatic carbocycles. The van der Waals surface area contributed by atoms with E-state index in [9.17, 15) is 9.59 Å². The number of nitrogens with one attached hydrogen (secondary N) is 1. The highest BCUT2D eigenvalue weighted by molar-refractivity contribution is 6.03. The molecule has 0 aliphatic rings. The molecular weight excluding hydrogens is 344 g/mol. The van der Waals surface area contributed by atoms with E-state index in [0.29, 0.717) is 16.6 Å². The maximum atomic E-state index is 12.3. The third-order valence-corrected chi connectivity index (χ3v) is 4.01. The summed E-state index contributed by atoms with van der Waals surface area (Å²) in [5.41, 5.74) is 2.36. The number of H-pyrrole nitrogens is 1. The van der Waals surface area contributed by atoms with E-state index in [1.165, 1.54) is 6.92 Å². The predicted molar refractivity (Wildman–Crippen MR) is 100 cm³/mol. The van der Waals surface area contributed by atoms with E-state index in [2.05, 4.69) is 20.4 Å². The fourth-order valence-electron chi connectivity index (χ4n) is 2.91. The molecule has 0 fully saturated rings. The quantitative estimate of drug-likeness (QED) is 0.566. The van der Waals surface area contributed by atoms with Gasteiger partial charge in [-0.15, -0.1) is 15.3 Å². The van der Waals surface area contributed by atoms with E-state index < -0.39 is 11.5 Å². The average Bonchev–Trinajstić information content (AvgIpc) is 2.70. The van der Waals surface area contributed by atoms with Crippen LogP contribution in [0.4, 0.5) is 0 Å². The topological polar surface area (TPSA) is 97.8 Å². The van der Waals surface area contributed by atoms with Gasteiger partial charge in [-0.05, 0) is 5.56 Å². The number of hydrogen-bond donors (Lipinski definition) is 1. The van der Waals surface area contributed by atoms with Gasteiger partial charge < -0.3 is 4.74 Å². The molecule has 2 heterocycles. The van der Waals surface area contributed by atoms with Gasteiger partial charge in [0.05, 0.1) is 5.39 Å². The molecule has 0 amide bonds. The molecule has 0 unspecified atom stereocenters. The Balaban J connectivity index is 2.17. The van der Waals surface area contributed by atoms with Gasteiger partial charge in [0.15, 0.2) is 5.52 Å². The fourth-order valence-corrected chi connectivity index (χ4v) is 2.91. The number of rotatable bonds is 3. The van der Waals surface area contributed by atoms with Crippen LogP contribution in [-0.2, 0) is 4.79 Å². The first kappa shape index (κ1) is 16.6. The summed E-state index contributed by atoms with van der Waals surface area (Å²) in [6.07, 6.45) is 0. The molecule has 132 valence electrons. The van der Waals surface area contributed by atoms with Gasteiger partial charge in [-0.25, -0.2) is 5.10 Å². The normalized spacial score (nSPS) is 10.7. The van der Waals surface area contributed by atoms with Crippen molar-refractivity contribution in [1.29, 1.82) is 0 Å². The summed E-state index contributed by atoms with van der Waals surface area (Å²) in [7, 11) is 0. The molecule has 0 spiro atoms. The van der Waals surface area contributed by atoms with Gasteiger partial charge in [-0.2, -0.15) is 0 Å². The Bertz CT molecular complexity index is 1190. The highest BCUT2D eigenvalue weighted by Crippen LogP contribution is 2.37. The molecule has 1 N–H and O–H groups in total. The van der Waals surface area contributed by atoms with Crippen LogP contribution in [0.15, 0.2) is 65.5 Å². The minimum absolute atomic E-state index is 0.0111. The van der Waals surface area contributed by atoms with Crippen molar-refractivity contribution >= 4 is 16.9 Å². The molecule has 0 saturated carbocycles. The molecule has 7 heteroatoms. The lowest BCUT2D eigenvalue weighted by molar-refractivity contribution is -0.132. The van der Waals surface area contributed by atoms with Crippen molar-refractivity contribution in [2.45, 2.75) is 6.92 Å². The minimum atomic E-state index is -0.548. The molecule has 0 saturated heterocycles. The van der Waals surface area contributed by atoms with Crippen LogP contribution in [-0.4, -0.2) is 26.4 Å². The summed E-state index contributed by atoms with van der Waals surface area (Å²) in [6.45, 7) is 1.27. The predicted octanol–water partition coefficient (Wildman–Crippen LogP) is 2.97. The summed E-state index contributed by atoms with van der Waals surface area (Å²) < 4.78 is 5.25. The summed E-state index contributed by atoms with van der Waals surface area (Å²) in [5.74, 6) is -0.559. The zero-order chi connectivity index (χ0) is 18.8. The van der Waals surface area contributed by atoms with Crippen LogP contribution in [0.3, 0.4) is 0 Å². The van der Waals surface area contributed by atoms with E-state index in [-0.39, 0.29) is 11.4 Å². The van der Waals surface area contributed by atoms with Crippen LogP contribution >= 0.6 is 0 Å². The molecule has 0 radical (unpaired) electrons. The Hall–Kier alpha value is -3.87. The van der Waals surface area contributed by atoms with Gasteiger partial charge in [-0.1, -0.05) is 60.7 Å². The van der Waals surface area contributed by atoms with Crippen molar-refractivity contribution in [2.24, 2.45) is 0 Å². The van der Waals surface area contributed by atoms with Gasteiger partial charge >= 0.3 is 5.97 Å². The first-order valence-corrected chi connectivity index (χ1v) is 8.23. The van der Waals surface area contributed by atoms with Gasteiger partial charge in [0.2, 0.25) is 5.88 Å². The van der Waals surface area contributed by atoms with Gasteiger partial charge in [0.25, 0.3) is 5.56 Å². The number of esters is 1. The lowest BCUT2D eigenvalue weighted by atomic mass is 9.96. The standard InChI is InChI=1S/C20H14N4O3/c1-12(25)27-20-16-15(13-8-4-2-5-9-13)17(14-10-6-3-7-11-14)21-22-18(16)19(26)23-24-20/h2-11H,1H3,(H,23,26). The van der Waals surface area contributed by atoms with Gasteiger partial charge in [0.1, 0.15) is 5.69 Å². The average molecular weight is 358 g/mol. The van der Waals surface area contributed by atoms with Crippen molar-refractivity contribution in [2.75, 3.05) is 0 Å². The summed E-state index contributed by atoms with van der Waals surface area (Å²) in [5, 5.41) is 14.9. The number of carbonyl (C=O) groups excluding carboxylic acids is 1. The van der Waals surface area contributed by atoms with E-state index in [0.717, 1.165) is 11.1 Å². The highest BCUT2D eigenvalue weighted by atomic mass is 16.5. The maximum absolute atomic E-state index is 12.3. The second-order valence-electron chi connectivity index (χ2n) is 5.83. The highest BCUT2D eigenvalue weighted by Gasteiger charge is 2.21. The molecule has 0 atom stereocenters. The molecule has 4 rings (SSSR count). The number of hydrogen-bond acceptors (Lipinski definition) is 6. The van der Waals surface area contributed by atoms with Crippen molar-refractivity contribution in [1.82, 2.24) is 20.4 Å². The Morgan fingerprint density at radius 1 is 0.926 bits per heavy atom. The van der Waals surface area contributed by atoms with E-state index in [1.807, 2.05) is 60.7 Å². The van der Waals surface area contributed by atoms with Crippen LogP contribution in [0.1, 0.15) is 6.92 Å². The van der Waals surface area contributed by atoms with Gasteiger partial charge in [-0.3, -0.25) is 9.59 Å². The second-order valence-corrected chi connectivity index (χ2v) is 5.83. The molecule has 0 bridgehead atoms. The molecular formula is C20H14N4O3. The molecule has 2 aromatic heterocycles. The van der Waals surface area contributed by atoms with Crippen LogP contribution in [0.2, 0.25) is 0 Å².